The highest BCUT2D eigenvalue weighted by Gasteiger charge is 2.54. The van der Waals surface area contributed by atoms with Gasteiger partial charge >= 0.3 is 6.18 Å². The van der Waals surface area contributed by atoms with E-state index in [4.69, 9.17) is 4.74 Å². The Kier molecular flexibility index (Phi) is 6.53. The number of amides is 2. The van der Waals surface area contributed by atoms with E-state index in [9.17, 15) is 27.2 Å². The van der Waals surface area contributed by atoms with Gasteiger partial charge in [0.2, 0.25) is 11.8 Å². The van der Waals surface area contributed by atoms with Crippen molar-refractivity contribution in [2.24, 2.45) is 5.92 Å². The molecule has 0 bridgehead atoms. The van der Waals surface area contributed by atoms with E-state index in [-0.39, 0.29) is 46.8 Å². The number of pyridine rings is 2. The zero-order valence-corrected chi connectivity index (χ0v) is 20.3. The molecule has 1 aliphatic carbocycles. The summed E-state index contributed by atoms with van der Waals surface area (Å²) >= 11 is 0. The van der Waals surface area contributed by atoms with Gasteiger partial charge < -0.3 is 15.0 Å². The lowest BCUT2D eigenvalue weighted by molar-refractivity contribution is -0.139. The van der Waals surface area contributed by atoms with Gasteiger partial charge in [0.05, 0.1) is 24.6 Å². The lowest BCUT2D eigenvalue weighted by Crippen LogP contribution is -2.50. The lowest BCUT2D eigenvalue weighted by atomic mass is 9.88. The fourth-order valence-electron chi connectivity index (χ4n) is 4.95. The van der Waals surface area contributed by atoms with Crippen LogP contribution in [0.25, 0.3) is 11.3 Å². The third kappa shape index (κ3) is 4.92. The number of carbonyl (C=O) groups excluding carboxylic acids is 2. The molecule has 5 rings (SSSR count). The van der Waals surface area contributed by atoms with Crippen molar-refractivity contribution in [2.75, 3.05) is 13.7 Å². The monoisotopic (exact) mass is 532 g/mol. The van der Waals surface area contributed by atoms with Crippen LogP contribution in [0.1, 0.15) is 47.3 Å². The van der Waals surface area contributed by atoms with Crippen LogP contribution in [0.2, 0.25) is 0 Å². The summed E-state index contributed by atoms with van der Waals surface area (Å²) in [7, 11) is 1.40. The molecular formula is C25H24F4N6O3. The van der Waals surface area contributed by atoms with Gasteiger partial charge in [0, 0.05) is 48.6 Å². The average Bonchev–Trinajstić information content (AvgIpc) is 3.48. The number of aromatic nitrogens is 4. The molecule has 13 heteroatoms. The molecule has 1 spiro atoms. The van der Waals surface area contributed by atoms with Crippen molar-refractivity contribution in [3.8, 4) is 17.1 Å². The number of methoxy groups -OCH3 is 1. The predicted octanol–water partition coefficient (Wildman–Crippen LogP) is 3.73. The molecule has 1 saturated heterocycles. The molecule has 3 aromatic rings. The number of hydrogen-bond acceptors (Lipinski definition) is 6. The maximum Gasteiger partial charge on any atom is 0.418 e. The first-order chi connectivity index (χ1) is 18.1. The van der Waals surface area contributed by atoms with E-state index in [1.807, 2.05) is 0 Å². The number of ether oxygens (including phenoxy) is 1. The smallest absolute Gasteiger partial charge is 0.418 e. The second-order valence-corrected chi connectivity index (χ2v) is 9.49. The maximum absolute atomic E-state index is 14.3. The van der Waals surface area contributed by atoms with Gasteiger partial charge in [0.25, 0.3) is 5.91 Å². The Bertz CT molecular complexity index is 1370. The van der Waals surface area contributed by atoms with Crippen LogP contribution in [0, 0.1) is 11.7 Å². The summed E-state index contributed by atoms with van der Waals surface area (Å²) in [6.07, 6.45) is 0.622. The van der Waals surface area contributed by atoms with Gasteiger partial charge in [-0.05, 0) is 43.4 Å². The second kappa shape index (κ2) is 9.69. The average molecular weight is 532 g/mol. The Hall–Kier alpha value is -4.03. The van der Waals surface area contributed by atoms with Gasteiger partial charge in [-0.3, -0.25) is 19.7 Å². The molecule has 1 aliphatic heterocycles. The normalized spacial score (nSPS) is 18.3. The molecule has 2 N–H and O–H groups in total. The van der Waals surface area contributed by atoms with E-state index >= 15 is 0 Å². The standard InChI is InChI=1S/C25H24F4N6O3/c1-38-21-8-16(18(26)13-31-21)19-9-20(34-33-19)23(37)35-7-3-14(10-24(35)4-5-24)22(36)32-11-15-2-6-30-12-17(15)25(27,28)29/h2,6,8-9,12-14H,3-5,7,10-11H2,1H3,(H,32,36)(H,33,34)/t14-/m0/s1. The molecule has 1 saturated carbocycles. The zero-order chi connectivity index (χ0) is 27.1. The largest absolute Gasteiger partial charge is 0.481 e. The van der Waals surface area contributed by atoms with Crippen molar-refractivity contribution in [3.05, 3.63) is 59.4 Å². The Morgan fingerprint density at radius 1 is 1.26 bits per heavy atom. The number of halogens is 4. The zero-order valence-electron chi connectivity index (χ0n) is 20.3. The Morgan fingerprint density at radius 2 is 2.05 bits per heavy atom. The van der Waals surface area contributed by atoms with Gasteiger partial charge in [-0.25, -0.2) is 9.37 Å². The summed E-state index contributed by atoms with van der Waals surface area (Å²) in [5, 5.41) is 9.38. The summed E-state index contributed by atoms with van der Waals surface area (Å²) in [5.74, 6) is -1.51. The number of H-pyrrole nitrogens is 1. The van der Waals surface area contributed by atoms with Crippen molar-refractivity contribution < 1.29 is 31.9 Å². The van der Waals surface area contributed by atoms with Crippen LogP contribution in [0.15, 0.2) is 36.8 Å². The van der Waals surface area contributed by atoms with Gasteiger partial charge in [0.15, 0.2) is 5.82 Å². The topological polar surface area (TPSA) is 113 Å². The van der Waals surface area contributed by atoms with E-state index in [0.717, 1.165) is 12.4 Å². The number of nitrogens with zero attached hydrogens (tertiary/aromatic N) is 4. The van der Waals surface area contributed by atoms with E-state index < -0.39 is 29.0 Å². The molecule has 2 aliphatic rings. The number of nitrogens with one attached hydrogen (secondary N) is 2. The summed E-state index contributed by atoms with van der Waals surface area (Å²) in [5.41, 5.74) is -0.911. The molecule has 9 nitrogen and oxygen atoms in total. The summed E-state index contributed by atoms with van der Waals surface area (Å²) in [6.45, 7) is 0.0292. The maximum atomic E-state index is 14.3. The predicted molar refractivity (Wildman–Crippen MR) is 125 cm³/mol. The van der Waals surface area contributed by atoms with Crippen molar-refractivity contribution in [2.45, 2.75) is 43.9 Å². The quantitative estimate of drug-likeness (QED) is 0.468. The van der Waals surface area contributed by atoms with Gasteiger partial charge in [-0.15, -0.1) is 0 Å². The molecular weight excluding hydrogens is 508 g/mol. The van der Waals surface area contributed by atoms with Crippen LogP contribution in [-0.4, -0.2) is 56.1 Å². The number of alkyl halides is 3. The van der Waals surface area contributed by atoms with E-state index in [0.29, 0.717) is 32.2 Å². The molecule has 38 heavy (non-hydrogen) atoms. The molecule has 4 heterocycles. The van der Waals surface area contributed by atoms with Crippen LogP contribution >= 0.6 is 0 Å². The fraction of sp³-hybridized carbons (Fsp3) is 0.400. The highest BCUT2D eigenvalue weighted by atomic mass is 19.4. The Labute approximate surface area is 214 Å². The number of carbonyl (C=O) groups is 2. The van der Waals surface area contributed by atoms with Gasteiger partial charge in [-0.2, -0.15) is 18.3 Å². The molecule has 2 fully saturated rings. The van der Waals surface area contributed by atoms with Crippen molar-refractivity contribution in [1.29, 1.82) is 0 Å². The van der Waals surface area contributed by atoms with Gasteiger partial charge in [-0.1, -0.05) is 0 Å². The molecule has 2 amide bonds. The van der Waals surface area contributed by atoms with Crippen molar-refractivity contribution in [3.63, 3.8) is 0 Å². The van der Waals surface area contributed by atoms with E-state index in [1.54, 1.807) is 4.90 Å². The molecule has 0 aromatic carbocycles. The fourth-order valence-corrected chi connectivity index (χ4v) is 4.95. The number of likely N-dealkylation sites (tertiary alicyclic amines) is 1. The molecule has 0 radical (unpaired) electrons. The lowest BCUT2D eigenvalue weighted by Gasteiger charge is -2.39. The SMILES string of the molecule is COc1cc(-c2cc(C(=O)N3CC[C@H](C(=O)NCc4ccncc4C(F)(F)F)CC34CC4)[nH]n2)c(F)cn1. The minimum Gasteiger partial charge on any atom is -0.481 e. The Balaban J connectivity index is 1.24. The molecule has 200 valence electrons. The van der Waals surface area contributed by atoms with Crippen molar-refractivity contribution >= 4 is 11.8 Å². The molecule has 3 aromatic heterocycles. The Morgan fingerprint density at radius 3 is 2.76 bits per heavy atom. The summed E-state index contributed by atoms with van der Waals surface area (Å²) < 4.78 is 59.0. The second-order valence-electron chi connectivity index (χ2n) is 9.49. The highest BCUT2D eigenvalue weighted by Crippen LogP contribution is 2.50. The number of rotatable bonds is 6. The van der Waals surface area contributed by atoms with Crippen LogP contribution in [-0.2, 0) is 17.5 Å². The third-order valence-electron chi connectivity index (χ3n) is 7.14. The number of hydrogen-bond donors (Lipinski definition) is 2. The minimum atomic E-state index is -4.57. The minimum absolute atomic E-state index is 0.0621. The first-order valence-corrected chi connectivity index (χ1v) is 12.0. The first-order valence-electron chi connectivity index (χ1n) is 12.0. The van der Waals surface area contributed by atoms with Crippen LogP contribution in [0.5, 0.6) is 5.88 Å². The number of aromatic amines is 1. The van der Waals surface area contributed by atoms with Crippen LogP contribution in [0.4, 0.5) is 17.6 Å². The van der Waals surface area contributed by atoms with Crippen LogP contribution < -0.4 is 10.1 Å². The number of piperidine rings is 1. The summed E-state index contributed by atoms with van der Waals surface area (Å²) in [4.78, 5) is 35.2. The highest BCUT2D eigenvalue weighted by molar-refractivity contribution is 5.94. The van der Waals surface area contributed by atoms with Crippen LogP contribution in [0.3, 0.4) is 0 Å². The molecule has 1 atom stereocenters. The van der Waals surface area contributed by atoms with E-state index in [1.165, 1.54) is 31.5 Å². The van der Waals surface area contributed by atoms with Gasteiger partial charge in [0.1, 0.15) is 5.69 Å². The molecule has 0 unspecified atom stereocenters. The summed E-state index contributed by atoms with van der Waals surface area (Å²) in [6, 6.07) is 4.08. The van der Waals surface area contributed by atoms with E-state index in [2.05, 4.69) is 25.5 Å². The first kappa shape index (κ1) is 25.6. The third-order valence-corrected chi connectivity index (χ3v) is 7.14. The van der Waals surface area contributed by atoms with Crippen molar-refractivity contribution in [1.82, 2.24) is 30.4 Å².